The maximum atomic E-state index is 10.4. The van der Waals surface area contributed by atoms with Crippen molar-refractivity contribution in [2.75, 3.05) is 0 Å². The molecular formula is C9H7Cl3O2. The molecule has 0 amide bonds. The van der Waals surface area contributed by atoms with Crippen LogP contribution in [-0.2, 0) is 4.79 Å². The molecular weight excluding hydrogens is 246 g/mol. The Morgan fingerprint density at radius 3 is 2.50 bits per heavy atom. The van der Waals surface area contributed by atoms with Gasteiger partial charge in [-0.3, -0.25) is 4.79 Å². The average Bonchev–Trinajstić information content (AvgIpc) is 2.08. The molecule has 0 aliphatic heterocycles. The Bertz CT molecular complexity index is 352. The summed E-state index contributed by atoms with van der Waals surface area (Å²) < 4.78 is 0. The van der Waals surface area contributed by atoms with Crippen LogP contribution in [0, 0.1) is 0 Å². The summed E-state index contributed by atoms with van der Waals surface area (Å²) in [7, 11) is 0. The lowest BCUT2D eigenvalue weighted by atomic mass is 10.1. The van der Waals surface area contributed by atoms with Crippen molar-refractivity contribution < 1.29 is 9.90 Å². The highest BCUT2D eigenvalue weighted by Gasteiger charge is 2.13. The first-order chi connectivity index (χ1) is 6.50. The van der Waals surface area contributed by atoms with Gasteiger partial charge in [-0.05, 0) is 17.7 Å². The summed E-state index contributed by atoms with van der Waals surface area (Å²) in [5, 5.41) is 8.75. The zero-order valence-electron chi connectivity index (χ0n) is 7.01. The molecule has 0 spiro atoms. The lowest BCUT2D eigenvalue weighted by Gasteiger charge is -2.07. The van der Waals surface area contributed by atoms with E-state index >= 15 is 0 Å². The van der Waals surface area contributed by atoms with Crippen molar-refractivity contribution in [3.8, 4) is 0 Å². The largest absolute Gasteiger partial charge is 0.481 e. The molecule has 5 heteroatoms. The van der Waals surface area contributed by atoms with Crippen LogP contribution in [0.3, 0.4) is 0 Å². The topological polar surface area (TPSA) is 37.3 Å². The molecule has 0 heterocycles. The molecule has 0 aliphatic carbocycles. The summed E-state index contributed by atoms with van der Waals surface area (Å²) in [5.41, 5.74) is 0.656. The highest BCUT2D eigenvalue weighted by Crippen LogP contribution is 2.30. The van der Waals surface area contributed by atoms with E-state index in [1.165, 1.54) is 0 Å². The number of carboxylic acids is 1. The molecule has 0 bridgehead atoms. The number of benzene rings is 1. The van der Waals surface area contributed by atoms with Gasteiger partial charge in [0.15, 0.2) is 0 Å². The van der Waals surface area contributed by atoms with Gasteiger partial charge < -0.3 is 5.11 Å². The first-order valence-electron chi connectivity index (χ1n) is 3.81. The van der Waals surface area contributed by atoms with Crippen LogP contribution in [0.5, 0.6) is 0 Å². The second-order valence-electron chi connectivity index (χ2n) is 2.74. The van der Waals surface area contributed by atoms with E-state index in [2.05, 4.69) is 0 Å². The van der Waals surface area contributed by atoms with Gasteiger partial charge in [-0.15, -0.1) is 11.6 Å². The molecule has 14 heavy (non-hydrogen) atoms. The molecule has 1 atom stereocenters. The molecule has 0 saturated carbocycles. The van der Waals surface area contributed by atoms with Gasteiger partial charge >= 0.3 is 5.97 Å². The van der Waals surface area contributed by atoms with E-state index in [9.17, 15) is 4.79 Å². The summed E-state index contributed by atoms with van der Waals surface area (Å²) in [6.45, 7) is 0. The van der Waals surface area contributed by atoms with Crippen molar-refractivity contribution in [2.45, 2.75) is 11.8 Å². The van der Waals surface area contributed by atoms with Gasteiger partial charge in [0.1, 0.15) is 0 Å². The maximum Gasteiger partial charge on any atom is 0.305 e. The van der Waals surface area contributed by atoms with E-state index in [1.807, 2.05) is 0 Å². The van der Waals surface area contributed by atoms with Gasteiger partial charge in [0, 0.05) is 0 Å². The second-order valence-corrected chi connectivity index (χ2v) is 4.08. The fraction of sp³-hybridized carbons (Fsp3) is 0.222. The zero-order valence-corrected chi connectivity index (χ0v) is 9.27. The first-order valence-corrected chi connectivity index (χ1v) is 5.00. The molecule has 0 radical (unpaired) electrons. The van der Waals surface area contributed by atoms with Crippen molar-refractivity contribution >= 4 is 40.8 Å². The molecule has 2 nitrogen and oxygen atoms in total. The smallest absolute Gasteiger partial charge is 0.305 e. The Hall–Kier alpha value is -0.440. The minimum atomic E-state index is -0.948. The summed E-state index contributed by atoms with van der Waals surface area (Å²) in [6, 6.07) is 4.83. The molecule has 1 unspecified atom stereocenters. The molecule has 0 saturated heterocycles. The van der Waals surface area contributed by atoms with Crippen LogP contribution >= 0.6 is 34.8 Å². The SMILES string of the molecule is O=C(O)CC(Cl)c1ccc(Cl)c(Cl)c1. The van der Waals surface area contributed by atoms with E-state index in [-0.39, 0.29) is 6.42 Å². The van der Waals surface area contributed by atoms with E-state index in [4.69, 9.17) is 39.9 Å². The minimum Gasteiger partial charge on any atom is -0.481 e. The Labute approximate surface area is 96.4 Å². The Balaban J connectivity index is 2.85. The number of carbonyl (C=O) groups is 1. The summed E-state index contributed by atoms with van der Waals surface area (Å²) in [6.07, 6.45) is -0.139. The van der Waals surface area contributed by atoms with E-state index in [1.54, 1.807) is 18.2 Å². The first kappa shape index (κ1) is 11.6. The highest BCUT2D eigenvalue weighted by atomic mass is 35.5. The van der Waals surface area contributed by atoms with Gasteiger partial charge in [0.25, 0.3) is 0 Å². The Morgan fingerprint density at radius 2 is 2.00 bits per heavy atom. The third kappa shape index (κ3) is 3.05. The van der Waals surface area contributed by atoms with Crippen LogP contribution < -0.4 is 0 Å². The van der Waals surface area contributed by atoms with Crippen LogP contribution in [-0.4, -0.2) is 11.1 Å². The number of halogens is 3. The van der Waals surface area contributed by atoms with Gasteiger partial charge in [0.2, 0.25) is 0 Å². The molecule has 0 aliphatic rings. The number of rotatable bonds is 3. The van der Waals surface area contributed by atoms with Crippen molar-refractivity contribution in [3.63, 3.8) is 0 Å². The maximum absolute atomic E-state index is 10.4. The number of hydrogen-bond acceptors (Lipinski definition) is 1. The molecule has 76 valence electrons. The summed E-state index contributed by atoms with van der Waals surface area (Å²) in [5.74, 6) is -0.948. The molecule has 0 aromatic heterocycles. The van der Waals surface area contributed by atoms with Crippen LogP contribution in [0.1, 0.15) is 17.4 Å². The lowest BCUT2D eigenvalue weighted by molar-refractivity contribution is -0.137. The predicted molar refractivity (Wildman–Crippen MR) is 57.3 cm³/mol. The number of aliphatic carboxylic acids is 1. The van der Waals surface area contributed by atoms with Crippen LogP contribution in [0.25, 0.3) is 0 Å². The lowest BCUT2D eigenvalue weighted by Crippen LogP contribution is -2.00. The highest BCUT2D eigenvalue weighted by molar-refractivity contribution is 6.42. The summed E-state index contributed by atoms with van der Waals surface area (Å²) >= 11 is 17.3. The standard InChI is InChI=1S/C9H7Cl3O2/c10-6-2-1-5(3-8(6)12)7(11)4-9(13)14/h1-3,7H,4H2,(H,13,14). The van der Waals surface area contributed by atoms with E-state index in [0.29, 0.717) is 15.6 Å². The molecule has 0 fully saturated rings. The third-order valence-electron chi connectivity index (χ3n) is 1.66. The number of hydrogen-bond donors (Lipinski definition) is 1. The monoisotopic (exact) mass is 252 g/mol. The summed E-state index contributed by atoms with van der Waals surface area (Å²) in [4.78, 5) is 10.4. The van der Waals surface area contributed by atoms with Crippen molar-refractivity contribution in [1.82, 2.24) is 0 Å². The van der Waals surface area contributed by atoms with Crippen molar-refractivity contribution in [2.24, 2.45) is 0 Å². The number of alkyl halides is 1. The van der Waals surface area contributed by atoms with Crippen LogP contribution in [0.2, 0.25) is 10.0 Å². The molecule has 1 rings (SSSR count). The molecule has 1 aromatic rings. The molecule has 1 aromatic carbocycles. The van der Waals surface area contributed by atoms with Gasteiger partial charge in [-0.2, -0.15) is 0 Å². The van der Waals surface area contributed by atoms with Crippen molar-refractivity contribution in [3.05, 3.63) is 33.8 Å². The Kier molecular flexibility index (Phi) is 4.05. The van der Waals surface area contributed by atoms with E-state index in [0.717, 1.165) is 0 Å². The fourth-order valence-electron chi connectivity index (χ4n) is 0.978. The predicted octanol–water partition coefficient (Wildman–Crippen LogP) is 3.75. The quantitative estimate of drug-likeness (QED) is 0.833. The van der Waals surface area contributed by atoms with Crippen LogP contribution in [0.4, 0.5) is 0 Å². The van der Waals surface area contributed by atoms with Crippen molar-refractivity contribution in [1.29, 1.82) is 0 Å². The zero-order chi connectivity index (χ0) is 10.7. The van der Waals surface area contributed by atoms with Gasteiger partial charge in [-0.1, -0.05) is 29.3 Å². The van der Waals surface area contributed by atoms with Gasteiger partial charge in [0.05, 0.1) is 21.8 Å². The van der Waals surface area contributed by atoms with Crippen LogP contribution in [0.15, 0.2) is 18.2 Å². The second kappa shape index (κ2) is 4.87. The van der Waals surface area contributed by atoms with E-state index < -0.39 is 11.3 Å². The molecule has 1 N–H and O–H groups in total. The third-order valence-corrected chi connectivity index (χ3v) is 2.80. The fourth-order valence-corrected chi connectivity index (χ4v) is 1.55. The average molecular weight is 254 g/mol. The van der Waals surface area contributed by atoms with Gasteiger partial charge in [-0.25, -0.2) is 0 Å². The minimum absolute atomic E-state index is 0.139. The number of carboxylic acid groups (broad SMARTS) is 1. The normalized spacial score (nSPS) is 12.5. The Morgan fingerprint density at radius 1 is 1.36 bits per heavy atom.